The number of para-hydroxylation sites is 1. The first-order valence-corrected chi connectivity index (χ1v) is 10.4. The number of ether oxygens (including phenoxy) is 1. The highest BCUT2D eigenvalue weighted by Gasteiger charge is 2.23. The summed E-state index contributed by atoms with van der Waals surface area (Å²) in [6.07, 6.45) is 2.77. The summed E-state index contributed by atoms with van der Waals surface area (Å²) in [5.41, 5.74) is 3.30. The van der Waals surface area contributed by atoms with Gasteiger partial charge in [-0.3, -0.25) is 4.79 Å². The highest BCUT2D eigenvalue weighted by molar-refractivity contribution is 7.12. The van der Waals surface area contributed by atoms with Crippen molar-refractivity contribution < 1.29 is 14.3 Å². The lowest BCUT2D eigenvalue weighted by Gasteiger charge is -2.16. The van der Waals surface area contributed by atoms with Crippen molar-refractivity contribution >= 4 is 28.9 Å². The van der Waals surface area contributed by atoms with Crippen molar-refractivity contribution in [2.45, 2.75) is 13.0 Å². The van der Waals surface area contributed by atoms with Gasteiger partial charge in [0.15, 0.2) is 6.10 Å². The number of benzene rings is 2. The number of esters is 1. The monoisotopic (exact) mass is 416 g/mol. The molecule has 0 saturated carbocycles. The van der Waals surface area contributed by atoms with Crippen LogP contribution in [0.2, 0.25) is 0 Å². The molecule has 0 aliphatic heterocycles. The molecule has 5 nitrogen and oxygen atoms in total. The van der Waals surface area contributed by atoms with Crippen LogP contribution >= 0.6 is 11.3 Å². The van der Waals surface area contributed by atoms with Gasteiger partial charge in [-0.2, -0.15) is 0 Å². The van der Waals surface area contributed by atoms with E-state index in [0.717, 1.165) is 16.8 Å². The fourth-order valence-corrected chi connectivity index (χ4v) is 3.89. The molecule has 30 heavy (non-hydrogen) atoms. The van der Waals surface area contributed by atoms with E-state index in [2.05, 4.69) is 5.32 Å². The molecule has 0 saturated heterocycles. The third-order valence-corrected chi connectivity index (χ3v) is 5.52. The van der Waals surface area contributed by atoms with Crippen LogP contribution < -0.4 is 5.32 Å². The lowest BCUT2D eigenvalue weighted by atomic mass is 10.0. The Morgan fingerprint density at radius 3 is 2.40 bits per heavy atom. The summed E-state index contributed by atoms with van der Waals surface area (Å²) < 4.78 is 7.30. The minimum atomic E-state index is -0.944. The smallest absolute Gasteiger partial charge is 0.351 e. The Morgan fingerprint density at radius 2 is 1.63 bits per heavy atom. The number of nitrogens with zero attached hydrogens (tertiary/aromatic N) is 1. The van der Waals surface area contributed by atoms with E-state index in [1.54, 1.807) is 6.92 Å². The van der Waals surface area contributed by atoms with E-state index in [-0.39, 0.29) is 5.91 Å². The van der Waals surface area contributed by atoms with Gasteiger partial charge >= 0.3 is 5.97 Å². The standard InChI is InChI=1S/C24H20N2O3S/c1-17(29-24(28)22-21(13-16-30-22)26-14-7-8-15-26)23(27)25-20-12-6-5-11-19(20)18-9-3-2-4-10-18/h2-17H,1H3,(H,25,27). The summed E-state index contributed by atoms with van der Waals surface area (Å²) in [6, 6.07) is 23.0. The van der Waals surface area contributed by atoms with Crippen LogP contribution in [0.4, 0.5) is 5.69 Å². The van der Waals surface area contributed by atoms with Gasteiger partial charge in [-0.15, -0.1) is 11.3 Å². The fourth-order valence-electron chi connectivity index (χ4n) is 3.12. The molecule has 0 aliphatic rings. The van der Waals surface area contributed by atoms with Crippen LogP contribution in [0.1, 0.15) is 16.6 Å². The number of anilines is 1. The second-order valence-electron chi connectivity index (χ2n) is 6.67. The number of thiophene rings is 1. The lowest BCUT2D eigenvalue weighted by molar-refractivity contribution is -0.123. The Bertz CT molecular complexity index is 1150. The second kappa shape index (κ2) is 8.80. The molecular weight excluding hydrogens is 396 g/mol. The Kier molecular flexibility index (Phi) is 5.77. The molecule has 1 unspecified atom stereocenters. The third kappa shape index (κ3) is 4.18. The maximum Gasteiger partial charge on any atom is 0.351 e. The van der Waals surface area contributed by atoms with Gasteiger partial charge in [0.2, 0.25) is 0 Å². The quantitative estimate of drug-likeness (QED) is 0.429. The van der Waals surface area contributed by atoms with Gasteiger partial charge in [-0.05, 0) is 42.1 Å². The SMILES string of the molecule is CC(OC(=O)c1sccc1-n1cccc1)C(=O)Nc1ccccc1-c1ccccc1. The van der Waals surface area contributed by atoms with Crippen LogP contribution in [-0.4, -0.2) is 22.5 Å². The summed E-state index contributed by atoms with van der Waals surface area (Å²) in [5, 5.41) is 4.71. The van der Waals surface area contributed by atoms with Crippen LogP contribution in [0.15, 0.2) is 90.6 Å². The molecule has 1 atom stereocenters. The number of amides is 1. The van der Waals surface area contributed by atoms with Gasteiger partial charge in [0.25, 0.3) is 5.91 Å². The van der Waals surface area contributed by atoms with Crippen LogP contribution in [0.5, 0.6) is 0 Å². The van der Waals surface area contributed by atoms with Crippen molar-refractivity contribution in [3.8, 4) is 16.8 Å². The Morgan fingerprint density at radius 1 is 0.933 bits per heavy atom. The number of hydrogen-bond acceptors (Lipinski definition) is 4. The zero-order chi connectivity index (χ0) is 20.9. The summed E-state index contributed by atoms with van der Waals surface area (Å²) in [7, 11) is 0. The summed E-state index contributed by atoms with van der Waals surface area (Å²) in [4.78, 5) is 25.9. The molecule has 2 heterocycles. The molecule has 0 bridgehead atoms. The van der Waals surface area contributed by atoms with Gasteiger partial charge < -0.3 is 14.6 Å². The number of nitrogens with one attached hydrogen (secondary N) is 1. The molecule has 4 rings (SSSR count). The minimum absolute atomic E-state index is 0.384. The van der Waals surface area contributed by atoms with E-state index in [1.807, 2.05) is 95.1 Å². The first-order chi connectivity index (χ1) is 14.6. The molecule has 0 aliphatic carbocycles. The van der Waals surface area contributed by atoms with E-state index in [4.69, 9.17) is 4.74 Å². The van der Waals surface area contributed by atoms with E-state index < -0.39 is 12.1 Å². The second-order valence-corrected chi connectivity index (χ2v) is 7.59. The van der Waals surface area contributed by atoms with E-state index >= 15 is 0 Å². The summed E-state index contributed by atoms with van der Waals surface area (Å²) in [5.74, 6) is -0.904. The van der Waals surface area contributed by atoms with Crippen LogP contribution in [0.3, 0.4) is 0 Å². The van der Waals surface area contributed by atoms with E-state index in [1.165, 1.54) is 11.3 Å². The summed E-state index contributed by atoms with van der Waals surface area (Å²) in [6.45, 7) is 1.57. The highest BCUT2D eigenvalue weighted by Crippen LogP contribution is 2.28. The molecule has 6 heteroatoms. The lowest BCUT2D eigenvalue weighted by Crippen LogP contribution is -2.30. The zero-order valence-corrected chi connectivity index (χ0v) is 17.1. The number of rotatable bonds is 6. The molecule has 0 fully saturated rings. The van der Waals surface area contributed by atoms with Crippen LogP contribution in [-0.2, 0) is 9.53 Å². The van der Waals surface area contributed by atoms with Gasteiger partial charge in [-0.1, -0.05) is 48.5 Å². The molecule has 2 aromatic carbocycles. The van der Waals surface area contributed by atoms with E-state index in [9.17, 15) is 9.59 Å². The molecule has 2 aromatic heterocycles. The highest BCUT2D eigenvalue weighted by atomic mass is 32.1. The minimum Gasteiger partial charge on any atom is -0.448 e. The maximum absolute atomic E-state index is 12.7. The van der Waals surface area contributed by atoms with Crippen molar-refractivity contribution in [2.24, 2.45) is 0 Å². The van der Waals surface area contributed by atoms with Crippen LogP contribution in [0, 0.1) is 0 Å². The third-order valence-electron chi connectivity index (χ3n) is 4.64. The van der Waals surface area contributed by atoms with Gasteiger partial charge in [0, 0.05) is 23.6 Å². The van der Waals surface area contributed by atoms with Gasteiger partial charge in [0.1, 0.15) is 4.88 Å². The van der Waals surface area contributed by atoms with Crippen molar-refractivity contribution in [1.29, 1.82) is 0 Å². The van der Waals surface area contributed by atoms with Gasteiger partial charge in [0.05, 0.1) is 5.69 Å². The van der Waals surface area contributed by atoms with Gasteiger partial charge in [-0.25, -0.2) is 4.79 Å². The molecule has 150 valence electrons. The van der Waals surface area contributed by atoms with Crippen molar-refractivity contribution in [3.05, 3.63) is 95.4 Å². The first kappa shape index (κ1) is 19.7. The normalized spacial score (nSPS) is 11.6. The van der Waals surface area contributed by atoms with Crippen LogP contribution in [0.25, 0.3) is 16.8 Å². The summed E-state index contributed by atoms with van der Waals surface area (Å²) >= 11 is 1.29. The van der Waals surface area contributed by atoms with Crippen molar-refractivity contribution in [1.82, 2.24) is 4.57 Å². The number of carbonyl (C=O) groups excluding carboxylic acids is 2. The number of carbonyl (C=O) groups is 2. The predicted octanol–water partition coefficient (Wildman–Crippen LogP) is 5.39. The maximum atomic E-state index is 12.7. The first-order valence-electron chi connectivity index (χ1n) is 9.50. The zero-order valence-electron chi connectivity index (χ0n) is 16.3. The molecule has 0 radical (unpaired) electrons. The topological polar surface area (TPSA) is 60.3 Å². The molecule has 1 N–H and O–H groups in total. The average molecular weight is 417 g/mol. The van der Waals surface area contributed by atoms with Crippen molar-refractivity contribution in [3.63, 3.8) is 0 Å². The molecule has 4 aromatic rings. The molecule has 0 spiro atoms. The fraction of sp³-hybridized carbons (Fsp3) is 0.0833. The van der Waals surface area contributed by atoms with Crippen molar-refractivity contribution in [2.75, 3.05) is 5.32 Å². The number of aromatic nitrogens is 1. The average Bonchev–Trinajstić information content (AvgIpc) is 3.46. The number of hydrogen-bond donors (Lipinski definition) is 1. The Hall–Kier alpha value is -3.64. The Labute approximate surface area is 178 Å². The predicted molar refractivity (Wildman–Crippen MR) is 119 cm³/mol. The molecule has 1 amide bonds. The van der Waals surface area contributed by atoms with E-state index in [0.29, 0.717) is 10.6 Å². The Balaban J connectivity index is 1.47. The molecular formula is C24H20N2O3S. The largest absolute Gasteiger partial charge is 0.448 e.